The van der Waals surface area contributed by atoms with Gasteiger partial charge in [-0.2, -0.15) is 0 Å². The molecule has 5 nitrogen and oxygen atoms in total. The van der Waals surface area contributed by atoms with Crippen molar-refractivity contribution in [2.24, 2.45) is 5.92 Å². The Morgan fingerprint density at radius 3 is 2.48 bits per heavy atom. The third-order valence-electron chi connectivity index (χ3n) is 4.02. The van der Waals surface area contributed by atoms with Crippen LogP contribution in [0.15, 0.2) is 35.7 Å². The Bertz CT molecular complexity index is 594. The summed E-state index contributed by atoms with van der Waals surface area (Å²) in [6, 6.07) is 9.59. The molecule has 1 aromatic rings. The van der Waals surface area contributed by atoms with Gasteiger partial charge in [0.05, 0.1) is 13.2 Å². The summed E-state index contributed by atoms with van der Waals surface area (Å²) in [7, 11) is -3.44. The minimum atomic E-state index is -3.44. The van der Waals surface area contributed by atoms with E-state index >= 15 is 0 Å². The van der Waals surface area contributed by atoms with E-state index in [1.807, 2.05) is 30.3 Å². The molecule has 2 rings (SSSR count). The van der Waals surface area contributed by atoms with E-state index in [9.17, 15) is 8.42 Å². The van der Waals surface area contributed by atoms with Crippen LogP contribution in [0.25, 0.3) is 6.08 Å². The Hall–Kier alpha value is -1.21. The van der Waals surface area contributed by atoms with Crippen molar-refractivity contribution in [3.8, 4) is 0 Å². The fourth-order valence-electron chi connectivity index (χ4n) is 2.68. The standard InChI is InChI=1S/C17H26N2O3S/c1-15(2)17(19-9-11-22-12-10-19)14-18-23(20,21)13-8-16-6-4-3-5-7-16/h3-8,13,15,17-18H,9-12,14H2,1-2H3/b13-8+/t17-/m1/s1. The first-order valence-corrected chi connectivity index (χ1v) is 9.57. The Kier molecular flexibility index (Phi) is 6.77. The van der Waals surface area contributed by atoms with Crippen molar-refractivity contribution in [1.29, 1.82) is 0 Å². The quantitative estimate of drug-likeness (QED) is 0.825. The average molecular weight is 338 g/mol. The first-order valence-electron chi connectivity index (χ1n) is 8.02. The zero-order valence-corrected chi connectivity index (χ0v) is 14.6. The van der Waals surface area contributed by atoms with Crippen LogP contribution in [0, 0.1) is 5.92 Å². The highest BCUT2D eigenvalue weighted by atomic mass is 32.2. The molecular weight excluding hydrogens is 312 g/mol. The lowest BCUT2D eigenvalue weighted by Gasteiger charge is -2.36. The number of ether oxygens (including phenoxy) is 1. The van der Waals surface area contributed by atoms with Crippen molar-refractivity contribution in [3.05, 3.63) is 41.3 Å². The molecule has 1 N–H and O–H groups in total. The average Bonchev–Trinajstić information content (AvgIpc) is 2.55. The highest BCUT2D eigenvalue weighted by molar-refractivity contribution is 7.92. The molecule has 0 radical (unpaired) electrons. The van der Waals surface area contributed by atoms with E-state index in [2.05, 4.69) is 23.5 Å². The summed E-state index contributed by atoms with van der Waals surface area (Å²) in [5.74, 6) is 0.369. The largest absolute Gasteiger partial charge is 0.379 e. The van der Waals surface area contributed by atoms with Gasteiger partial charge in [0.1, 0.15) is 0 Å². The molecule has 23 heavy (non-hydrogen) atoms. The maximum absolute atomic E-state index is 12.2. The van der Waals surface area contributed by atoms with E-state index in [4.69, 9.17) is 4.74 Å². The summed E-state index contributed by atoms with van der Waals surface area (Å²) in [4.78, 5) is 2.30. The second kappa shape index (κ2) is 8.59. The first-order chi connectivity index (χ1) is 11.0. The Labute approximate surface area is 139 Å². The van der Waals surface area contributed by atoms with Crippen molar-refractivity contribution >= 4 is 16.1 Å². The van der Waals surface area contributed by atoms with Gasteiger partial charge in [-0.25, -0.2) is 13.1 Å². The van der Waals surface area contributed by atoms with Crippen LogP contribution in [0.3, 0.4) is 0 Å². The highest BCUT2D eigenvalue weighted by Crippen LogP contribution is 2.13. The van der Waals surface area contributed by atoms with E-state index < -0.39 is 10.0 Å². The molecule has 1 aliphatic rings. The third kappa shape index (κ3) is 6.06. The minimum absolute atomic E-state index is 0.179. The van der Waals surface area contributed by atoms with E-state index in [1.54, 1.807) is 6.08 Å². The molecule has 0 bridgehead atoms. The highest BCUT2D eigenvalue weighted by Gasteiger charge is 2.24. The molecule has 0 unspecified atom stereocenters. The van der Waals surface area contributed by atoms with Crippen LogP contribution in [0.4, 0.5) is 0 Å². The number of benzene rings is 1. The molecule has 0 aliphatic carbocycles. The maximum Gasteiger partial charge on any atom is 0.233 e. The lowest BCUT2D eigenvalue weighted by molar-refractivity contribution is 0.00778. The molecule has 1 atom stereocenters. The number of nitrogens with zero attached hydrogens (tertiary/aromatic N) is 1. The Morgan fingerprint density at radius 2 is 1.87 bits per heavy atom. The van der Waals surface area contributed by atoms with Gasteiger partial charge in [-0.05, 0) is 17.6 Å². The fourth-order valence-corrected chi connectivity index (χ4v) is 3.51. The molecule has 128 valence electrons. The number of rotatable bonds is 7. The van der Waals surface area contributed by atoms with Crippen LogP contribution in [0.2, 0.25) is 0 Å². The van der Waals surface area contributed by atoms with Crippen LogP contribution in [-0.2, 0) is 14.8 Å². The van der Waals surface area contributed by atoms with Crippen LogP contribution in [0.5, 0.6) is 0 Å². The number of hydrogen-bond acceptors (Lipinski definition) is 4. The van der Waals surface area contributed by atoms with Crippen LogP contribution < -0.4 is 4.72 Å². The van der Waals surface area contributed by atoms with E-state index in [-0.39, 0.29) is 6.04 Å². The van der Waals surface area contributed by atoms with Gasteiger partial charge in [0.25, 0.3) is 0 Å². The van der Waals surface area contributed by atoms with Gasteiger partial charge >= 0.3 is 0 Å². The van der Waals surface area contributed by atoms with Gasteiger partial charge in [0.2, 0.25) is 10.0 Å². The smallest absolute Gasteiger partial charge is 0.233 e. The van der Waals surface area contributed by atoms with Gasteiger partial charge in [-0.3, -0.25) is 4.90 Å². The second-order valence-electron chi connectivity index (χ2n) is 6.07. The molecule has 0 aromatic heterocycles. The van der Waals surface area contributed by atoms with E-state index in [0.717, 1.165) is 18.7 Å². The van der Waals surface area contributed by atoms with Crippen molar-refractivity contribution in [2.75, 3.05) is 32.8 Å². The Balaban J connectivity index is 1.94. The molecular formula is C17H26N2O3S. The molecule has 0 saturated carbocycles. The van der Waals surface area contributed by atoms with E-state index in [0.29, 0.717) is 25.7 Å². The number of morpholine rings is 1. The number of hydrogen-bond donors (Lipinski definition) is 1. The van der Waals surface area contributed by atoms with Gasteiger partial charge < -0.3 is 4.74 Å². The van der Waals surface area contributed by atoms with Gasteiger partial charge in [-0.15, -0.1) is 0 Å². The summed E-state index contributed by atoms with van der Waals surface area (Å²) in [6.07, 6.45) is 1.61. The van der Waals surface area contributed by atoms with Gasteiger partial charge in [0, 0.05) is 31.1 Å². The lowest BCUT2D eigenvalue weighted by atomic mass is 10.0. The van der Waals surface area contributed by atoms with Crippen molar-refractivity contribution in [2.45, 2.75) is 19.9 Å². The number of sulfonamides is 1. The van der Waals surface area contributed by atoms with Crippen molar-refractivity contribution < 1.29 is 13.2 Å². The third-order valence-corrected chi connectivity index (χ3v) is 5.08. The van der Waals surface area contributed by atoms with Gasteiger partial charge in [0.15, 0.2) is 0 Å². The predicted molar refractivity (Wildman–Crippen MR) is 93.4 cm³/mol. The van der Waals surface area contributed by atoms with E-state index in [1.165, 1.54) is 5.41 Å². The molecule has 1 aromatic carbocycles. The SMILES string of the molecule is CC(C)[C@@H](CNS(=O)(=O)/C=C/c1ccccc1)N1CCOCC1. The maximum atomic E-state index is 12.2. The molecule has 1 heterocycles. The number of nitrogens with one attached hydrogen (secondary N) is 1. The predicted octanol–water partition coefficient (Wildman–Crippen LogP) is 1.93. The minimum Gasteiger partial charge on any atom is -0.379 e. The second-order valence-corrected chi connectivity index (χ2v) is 7.72. The molecule has 0 amide bonds. The molecule has 1 fully saturated rings. The zero-order valence-electron chi connectivity index (χ0n) is 13.8. The molecule has 6 heteroatoms. The fraction of sp³-hybridized carbons (Fsp3) is 0.529. The zero-order chi connectivity index (χ0) is 16.7. The summed E-state index contributed by atoms with van der Waals surface area (Å²) < 4.78 is 32.4. The molecule has 1 aliphatic heterocycles. The lowest BCUT2D eigenvalue weighted by Crippen LogP contribution is -2.50. The topological polar surface area (TPSA) is 58.6 Å². The summed E-state index contributed by atoms with van der Waals surface area (Å²) in [6.45, 7) is 7.78. The molecule has 0 spiro atoms. The first kappa shape index (κ1) is 18.1. The summed E-state index contributed by atoms with van der Waals surface area (Å²) in [5.41, 5.74) is 0.867. The van der Waals surface area contributed by atoms with Crippen LogP contribution in [-0.4, -0.2) is 52.2 Å². The van der Waals surface area contributed by atoms with Crippen LogP contribution >= 0.6 is 0 Å². The van der Waals surface area contributed by atoms with Crippen molar-refractivity contribution in [1.82, 2.24) is 9.62 Å². The summed E-state index contributed by atoms with van der Waals surface area (Å²) in [5, 5.41) is 1.24. The Morgan fingerprint density at radius 1 is 1.22 bits per heavy atom. The van der Waals surface area contributed by atoms with Crippen LogP contribution in [0.1, 0.15) is 19.4 Å². The normalized spacial score (nSPS) is 18.6. The molecule has 1 saturated heterocycles. The van der Waals surface area contributed by atoms with Gasteiger partial charge in [-0.1, -0.05) is 44.2 Å². The van der Waals surface area contributed by atoms with Crippen molar-refractivity contribution in [3.63, 3.8) is 0 Å². The summed E-state index contributed by atoms with van der Waals surface area (Å²) >= 11 is 0. The monoisotopic (exact) mass is 338 g/mol.